The number of aliphatic hydroxyl groups excluding tert-OH is 1. The molecule has 2 aromatic heterocycles. The summed E-state index contributed by atoms with van der Waals surface area (Å²) in [5.41, 5.74) is 2.23. The van der Waals surface area contributed by atoms with Gasteiger partial charge in [0, 0.05) is 35.7 Å². The Morgan fingerprint density at radius 1 is 1.12 bits per heavy atom. The molecule has 1 aromatic carbocycles. The molecule has 0 amide bonds. The highest BCUT2D eigenvalue weighted by atomic mass is 35.5. The average molecular weight is 454 g/mol. The third kappa shape index (κ3) is 4.51. The van der Waals surface area contributed by atoms with Gasteiger partial charge >= 0.3 is 0 Å². The number of ether oxygens (including phenoxy) is 1. The molecule has 0 spiro atoms. The number of nitrogens with zero attached hydrogens (tertiary/aromatic N) is 4. The molecule has 3 heterocycles. The number of fused-ring (bicyclic) bond motifs is 3. The molecule has 32 heavy (non-hydrogen) atoms. The maximum absolute atomic E-state index is 9.89. The maximum atomic E-state index is 9.89. The number of pyridine rings is 1. The third-order valence-corrected chi connectivity index (χ3v) is 6.61. The average Bonchev–Trinajstić information content (AvgIpc) is 3.11. The van der Waals surface area contributed by atoms with Crippen LogP contribution in [0.4, 0.5) is 0 Å². The van der Waals surface area contributed by atoms with E-state index in [1.165, 1.54) is 0 Å². The van der Waals surface area contributed by atoms with Gasteiger partial charge in [0.05, 0.1) is 5.69 Å². The SMILES string of the molecule is CC(O)N[C@@H]1Cc2cc(Cl)ccc2-n2c(nnc2C2CCC(Oc3ccccn3)CC2)C1. The molecule has 1 fully saturated rings. The van der Waals surface area contributed by atoms with Crippen LogP contribution < -0.4 is 10.1 Å². The van der Waals surface area contributed by atoms with Gasteiger partial charge in [-0.05, 0) is 68.9 Å². The minimum Gasteiger partial charge on any atom is -0.474 e. The molecule has 0 radical (unpaired) electrons. The minimum absolute atomic E-state index is 0.0630. The first-order valence-electron chi connectivity index (χ1n) is 11.3. The number of benzene rings is 1. The molecule has 1 unspecified atom stereocenters. The van der Waals surface area contributed by atoms with Crippen LogP contribution in [0.15, 0.2) is 42.6 Å². The van der Waals surface area contributed by atoms with E-state index in [1.54, 1.807) is 13.1 Å². The first-order chi connectivity index (χ1) is 15.6. The van der Waals surface area contributed by atoms with Gasteiger partial charge in [-0.15, -0.1) is 10.2 Å². The maximum Gasteiger partial charge on any atom is 0.213 e. The summed E-state index contributed by atoms with van der Waals surface area (Å²) < 4.78 is 8.30. The summed E-state index contributed by atoms with van der Waals surface area (Å²) in [6, 6.07) is 11.8. The summed E-state index contributed by atoms with van der Waals surface area (Å²) in [4.78, 5) is 4.29. The van der Waals surface area contributed by atoms with E-state index >= 15 is 0 Å². The summed E-state index contributed by atoms with van der Waals surface area (Å²) in [5.74, 6) is 2.95. The Morgan fingerprint density at radius 3 is 2.72 bits per heavy atom. The molecule has 7 nitrogen and oxygen atoms in total. The Kier molecular flexibility index (Phi) is 6.13. The van der Waals surface area contributed by atoms with Crippen molar-refractivity contribution in [1.82, 2.24) is 25.1 Å². The predicted molar refractivity (Wildman–Crippen MR) is 122 cm³/mol. The Balaban J connectivity index is 1.39. The molecule has 3 aromatic rings. The standard InChI is InChI=1S/C24H28ClN5O2/c1-15(31)27-19-13-17-12-18(25)7-10-21(17)30-22(14-19)28-29-24(30)16-5-8-20(9-6-16)32-23-4-2-3-11-26-23/h2-4,7,10-12,15-16,19-20,27,31H,5-6,8-9,13-14H2,1H3/t15?,16?,19-,20?/m1/s1. The lowest BCUT2D eigenvalue weighted by molar-refractivity contribution is 0.139. The summed E-state index contributed by atoms with van der Waals surface area (Å²) in [6.45, 7) is 1.74. The molecular weight excluding hydrogens is 426 g/mol. The zero-order chi connectivity index (χ0) is 22.1. The van der Waals surface area contributed by atoms with E-state index < -0.39 is 6.23 Å². The van der Waals surface area contributed by atoms with Crippen molar-refractivity contribution in [3.05, 3.63) is 64.8 Å². The van der Waals surface area contributed by atoms with Crippen LogP contribution >= 0.6 is 11.6 Å². The van der Waals surface area contributed by atoms with Gasteiger partial charge in [-0.2, -0.15) is 0 Å². The molecule has 2 atom stereocenters. The number of rotatable bonds is 5. The molecule has 1 aliphatic carbocycles. The van der Waals surface area contributed by atoms with Gasteiger partial charge < -0.3 is 9.84 Å². The largest absolute Gasteiger partial charge is 0.474 e. The second kappa shape index (κ2) is 9.17. The smallest absolute Gasteiger partial charge is 0.213 e. The highest BCUT2D eigenvalue weighted by Gasteiger charge is 2.32. The predicted octanol–water partition coefficient (Wildman–Crippen LogP) is 3.82. The second-order valence-electron chi connectivity index (χ2n) is 8.79. The van der Waals surface area contributed by atoms with Crippen LogP contribution in [-0.2, 0) is 12.8 Å². The van der Waals surface area contributed by atoms with Crippen LogP contribution in [0.25, 0.3) is 5.69 Å². The van der Waals surface area contributed by atoms with E-state index in [1.807, 2.05) is 30.3 Å². The van der Waals surface area contributed by atoms with E-state index in [2.05, 4.69) is 31.1 Å². The van der Waals surface area contributed by atoms with Crippen molar-refractivity contribution < 1.29 is 9.84 Å². The number of halogens is 1. The van der Waals surface area contributed by atoms with Crippen molar-refractivity contribution >= 4 is 11.6 Å². The van der Waals surface area contributed by atoms with Crippen LogP contribution in [-0.4, -0.2) is 43.2 Å². The van der Waals surface area contributed by atoms with Crippen LogP contribution in [0.2, 0.25) is 5.02 Å². The lowest BCUT2D eigenvalue weighted by Crippen LogP contribution is -2.39. The lowest BCUT2D eigenvalue weighted by atomic mass is 9.86. The van der Waals surface area contributed by atoms with Gasteiger partial charge in [-0.3, -0.25) is 9.88 Å². The zero-order valence-corrected chi connectivity index (χ0v) is 18.9. The number of nitrogens with one attached hydrogen (secondary N) is 1. The van der Waals surface area contributed by atoms with Crippen LogP contribution in [0.5, 0.6) is 5.88 Å². The first-order valence-corrected chi connectivity index (χ1v) is 11.7. The molecular formula is C24H28ClN5O2. The fourth-order valence-electron chi connectivity index (χ4n) is 4.97. The monoisotopic (exact) mass is 453 g/mol. The van der Waals surface area contributed by atoms with Crippen molar-refractivity contribution in [2.24, 2.45) is 0 Å². The zero-order valence-electron chi connectivity index (χ0n) is 18.1. The highest BCUT2D eigenvalue weighted by molar-refractivity contribution is 6.30. The fraction of sp³-hybridized carbons (Fsp3) is 0.458. The van der Waals surface area contributed by atoms with Gasteiger partial charge in [0.25, 0.3) is 0 Å². The van der Waals surface area contributed by atoms with Crippen molar-refractivity contribution in [3.8, 4) is 11.6 Å². The van der Waals surface area contributed by atoms with Gasteiger partial charge in [0.1, 0.15) is 24.0 Å². The molecule has 0 bridgehead atoms. The summed E-state index contributed by atoms with van der Waals surface area (Å²) in [6.07, 6.45) is 6.73. The Hall–Kier alpha value is -2.48. The molecule has 2 N–H and O–H groups in total. The molecule has 1 aliphatic heterocycles. The van der Waals surface area contributed by atoms with Crippen LogP contribution in [0.1, 0.15) is 55.7 Å². The van der Waals surface area contributed by atoms with Gasteiger partial charge in [-0.25, -0.2) is 4.98 Å². The quantitative estimate of drug-likeness (QED) is 0.571. The van der Waals surface area contributed by atoms with Crippen LogP contribution in [0.3, 0.4) is 0 Å². The molecule has 2 aliphatic rings. The summed E-state index contributed by atoms with van der Waals surface area (Å²) in [5, 5.41) is 23.1. The normalized spacial score (nSPS) is 23.7. The van der Waals surface area contributed by atoms with Crippen molar-refractivity contribution in [2.45, 2.75) is 69.7 Å². The molecule has 0 saturated heterocycles. The number of aromatic nitrogens is 4. The van der Waals surface area contributed by atoms with Gasteiger partial charge in [-0.1, -0.05) is 17.7 Å². The molecule has 168 valence electrons. The van der Waals surface area contributed by atoms with Gasteiger partial charge in [0.2, 0.25) is 5.88 Å². The fourth-order valence-corrected chi connectivity index (χ4v) is 5.16. The topological polar surface area (TPSA) is 85.1 Å². The Morgan fingerprint density at radius 2 is 1.97 bits per heavy atom. The number of aliphatic hydroxyl groups is 1. The van der Waals surface area contributed by atoms with Crippen molar-refractivity contribution in [3.63, 3.8) is 0 Å². The first kappa shape index (κ1) is 21.4. The van der Waals surface area contributed by atoms with Crippen LogP contribution in [0, 0.1) is 0 Å². The van der Waals surface area contributed by atoms with Gasteiger partial charge in [0.15, 0.2) is 0 Å². The summed E-state index contributed by atoms with van der Waals surface area (Å²) >= 11 is 6.33. The van der Waals surface area contributed by atoms with E-state index in [0.29, 0.717) is 23.2 Å². The van der Waals surface area contributed by atoms with E-state index in [-0.39, 0.29) is 12.1 Å². The third-order valence-electron chi connectivity index (χ3n) is 6.37. The number of hydrogen-bond donors (Lipinski definition) is 2. The highest BCUT2D eigenvalue weighted by Crippen LogP contribution is 2.37. The Bertz CT molecular complexity index is 1060. The second-order valence-corrected chi connectivity index (χ2v) is 9.23. The van der Waals surface area contributed by atoms with Crippen molar-refractivity contribution in [1.29, 1.82) is 0 Å². The summed E-state index contributed by atoms with van der Waals surface area (Å²) in [7, 11) is 0. The van der Waals surface area contributed by atoms with E-state index in [0.717, 1.165) is 55.0 Å². The minimum atomic E-state index is -0.592. The lowest BCUT2D eigenvalue weighted by Gasteiger charge is -2.28. The molecule has 1 saturated carbocycles. The Labute approximate surface area is 192 Å². The molecule has 5 rings (SSSR count). The van der Waals surface area contributed by atoms with E-state index in [9.17, 15) is 5.11 Å². The van der Waals surface area contributed by atoms with Crippen molar-refractivity contribution in [2.75, 3.05) is 0 Å². The number of hydrogen-bond acceptors (Lipinski definition) is 6. The van der Waals surface area contributed by atoms with E-state index in [4.69, 9.17) is 16.3 Å². The molecule has 8 heteroatoms.